The number of nitro groups is 1. The summed E-state index contributed by atoms with van der Waals surface area (Å²) in [7, 11) is 0. The molecule has 0 unspecified atom stereocenters. The standard InChI is InChI=1S/C17H15ClN2O5/c1-3-25-17(22)12-7-11(8-13(9-12)20(23)24)16(21)19-15-5-4-10(2)6-14(15)18/h4-9H,3H2,1-2H3,(H,19,21). The minimum atomic E-state index is -0.742. The SMILES string of the molecule is CCOC(=O)c1cc(C(=O)Nc2ccc(C)cc2Cl)cc([N+](=O)[O-])c1. The number of halogens is 1. The lowest BCUT2D eigenvalue weighted by Gasteiger charge is -2.09. The number of hydrogen-bond acceptors (Lipinski definition) is 5. The van der Waals surface area contributed by atoms with Crippen LogP contribution >= 0.6 is 11.6 Å². The number of aryl methyl sites for hydroxylation is 1. The Hall–Kier alpha value is -2.93. The van der Waals surface area contributed by atoms with E-state index in [1.165, 1.54) is 6.07 Å². The first-order chi connectivity index (χ1) is 11.8. The Morgan fingerprint density at radius 2 is 1.88 bits per heavy atom. The van der Waals surface area contributed by atoms with E-state index in [0.29, 0.717) is 10.7 Å². The van der Waals surface area contributed by atoms with Gasteiger partial charge in [0.15, 0.2) is 0 Å². The Morgan fingerprint density at radius 3 is 2.48 bits per heavy atom. The van der Waals surface area contributed by atoms with Gasteiger partial charge in [-0.15, -0.1) is 0 Å². The third kappa shape index (κ3) is 4.54. The maximum absolute atomic E-state index is 12.4. The monoisotopic (exact) mass is 362 g/mol. The van der Waals surface area contributed by atoms with Crippen molar-refractivity contribution in [2.24, 2.45) is 0 Å². The van der Waals surface area contributed by atoms with Crippen LogP contribution in [-0.4, -0.2) is 23.4 Å². The molecular weight excluding hydrogens is 348 g/mol. The topological polar surface area (TPSA) is 98.5 Å². The molecule has 0 fully saturated rings. The number of amides is 1. The molecule has 0 aliphatic heterocycles. The molecule has 0 aromatic heterocycles. The fraction of sp³-hybridized carbons (Fsp3) is 0.176. The number of non-ortho nitro benzene ring substituents is 1. The van der Waals surface area contributed by atoms with Crippen molar-refractivity contribution in [2.45, 2.75) is 13.8 Å². The number of anilines is 1. The van der Waals surface area contributed by atoms with Crippen molar-refractivity contribution >= 4 is 34.9 Å². The zero-order valence-electron chi connectivity index (χ0n) is 13.5. The number of ether oxygens (including phenoxy) is 1. The second-order valence-electron chi connectivity index (χ2n) is 5.18. The number of carbonyl (C=O) groups excluding carboxylic acids is 2. The summed E-state index contributed by atoms with van der Waals surface area (Å²) in [5, 5.41) is 14.0. The van der Waals surface area contributed by atoms with Crippen molar-refractivity contribution in [2.75, 3.05) is 11.9 Å². The van der Waals surface area contributed by atoms with Crippen LogP contribution in [0.25, 0.3) is 0 Å². The lowest BCUT2D eigenvalue weighted by atomic mass is 10.1. The Balaban J connectivity index is 2.37. The first-order valence-electron chi connectivity index (χ1n) is 7.36. The van der Waals surface area contributed by atoms with E-state index in [4.69, 9.17) is 16.3 Å². The highest BCUT2D eigenvalue weighted by molar-refractivity contribution is 6.34. The number of esters is 1. The first-order valence-corrected chi connectivity index (χ1v) is 7.73. The second-order valence-corrected chi connectivity index (χ2v) is 5.59. The summed E-state index contributed by atoms with van der Waals surface area (Å²) in [5.41, 5.74) is 0.778. The Labute approximate surface area is 148 Å². The van der Waals surface area contributed by atoms with Gasteiger partial charge in [0.1, 0.15) is 0 Å². The van der Waals surface area contributed by atoms with Gasteiger partial charge in [-0.1, -0.05) is 17.7 Å². The fourth-order valence-corrected chi connectivity index (χ4v) is 2.38. The van der Waals surface area contributed by atoms with Crippen LogP contribution in [-0.2, 0) is 4.74 Å². The molecule has 2 aromatic rings. The van der Waals surface area contributed by atoms with Crippen molar-refractivity contribution in [1.82, 2.24) is 0 Å². The molecule has 2 rings (SSSR count). The largest absolute Gasteiger partial charge is 0.462 e. The van der Waals surface area contributed by atoms with E-state index < -0.39 is 16.8 Å². The molecule has 0 aliphatic carbocycles. The number of carbonyl (C=O) groups is 2. The van der Waals surface area contributed by atoms with E-state index in [9.17, 15) is 19.7 Å². The molecule has 0 saturated carbocycles. The molecule has 130 valence electrons. The van der Waals surface area contributed by atoms with Crippen LogP contribution in [0.1, 0.15) is 33.2 Å². The third-order valence-electron chi connectivity index (χ3n) is 3.27. The van der Waals surface area contributed by atoms with Gasteiger partial charge in [0, 0.05) is 17.7 Å². The van der Waals surface area contributed by atoms with Gasteiger partial charge in [-0.2, -0.15) is 0 Å². The normalized spacial score (nSPS) is 10.2. The summed E-state index contributed by atoms with van der Waals surface area (Å²) in [6, 6.07) is 8.45. The van der Waals surface area contributed by atoms with E-state index in [-0.39, 0.29) is 23.4 Å². The summed E-state index contributed by atoms with van der Waals surface area (Å²) in [4.78, 5) is 34.6. The Kier molecular flexibility index (Phi) is 5.71. The minimum Gasteiger partial charge on any atom is -0.462 e. The molecule has 0 saturated heterocycles. The van der Waals surface area contributed by atoms with E-state index in [2.05, 4.69) is 5.32 Å². The highest BCUT2D eigenvalue weighted by Crippen LogP contribution is 2.24. The number of rotatable bonds is 5. The fourth-order valence-electron chi connectivity index (χ4n) is 2.10. The minimum absolute atomic E-state index is 0.0473. The molecule has 25 heavy (non-hydrogen) atoms. The molecule has 1 amide bonds. The Morgan fingerprint density at radius 1 is 1.20 bits per heavy atom. The van der Waals surface area contributed by atoms with E-state index in [0.717, 1.165) is 17.7 Å². The molecule has 7 nitrogen and oxygen atoms in total. The van der Waals surface area contributed by atoms with Crippen LogP contribution in [0, 0.1) is 17.0 Å². The molecular formula is C17H15ClN2O5. The predicted molar refractivity (Wildman–Crippen MR) is 93.2 cm³/mol. The Bertz CT molecular complexity index is 851. The van der Waals surface area contributed by atoms with Crippen LogP contribution < -0.4 is 5.32 Å². The number of hydrogen-bond donors (Lipinski definition) is 1. The predicted octanol–water partition coefficient (Wildman–Crippen LogP) is 3.99. The first kappa shape index (κ1) is 18.4. The van der Waals surface area contributed by atoms with Crippen molar-refractivity contribution < 1.29 is 19.2 Å². The number of nitrogens with one attached hydrogen (secondary N) is 1. The second kappa shape index (κ2) is 7.76. The van der Waals surface area contributed by atoms with Crippen LogP contribution in [0.4, 0.5) is 11.4 Å². The van der Waals surface area contributed by atoms with E-state index in [1.807, 2.05) is 6.92 Å². The highest BCUT2D eigenvalue weighted by Gasteiger charge is 2.19. The zero-order valence-corrected chi connectivity index (χ0v) is 14.3. The molecule has 0 atom stereocenters. The average Bonchev–Trinajstić information content (AvgIpc) is 2.57. The van der Waals surface area contributed by atoms with Gasteiger partial charge >= 0.3 is 5.97 Å². The molecule has 0 bridgehead atoms. The van der Waals surface area contributed by atoms with Gasteiger partial charge in [-0.05, 0) is 37.6 Å². The summed E-state index contributed by atoms with van der Waals surface area (Å²) in [5.74, 6) is -1.37. The van der Waals surface area contributed by atoms with Gasteiger partial charge in [0.25, 0.3) is 11.6 Å². The summed E-state index contributed by atoms with van der Waals surface area (Å²) in [6.45, 7) is 3.58. The lowest BCUT2D eigenvalue weighted by Crippen LogP contribution is -2.14. The molecule has 0 spiro atoms. The summed E-state index contributed by atoms with van der Waals surface area (Å²) < 4.78 is 4.83. The molecule has 0 radical (unpaired) electrons. The summed E-state index contributed by atoms with van der Waals surface area (Å²) in [6.07, 6.45) is 0. The quantitative estimate of drug-likeness (QED) is 0.492. The van der Waals surface area contributed by atoms with Crippen LogP contribution in [0.3, 0.4) is 0 Å². The van der Waals surface area contributed by atoms with Crippen LogP contribution in [0.2, 0.25) is 5.02 Å². The smallest absolute Gasteiger partial charge is 0.338 e. The van der Waals surface area contributed by atoms with Crippen molar-refractivity contribution in [1.29, 1.82) is 0 Å². The maximum Gasteiger partial charge on any atom is 0.338 e. The maximum atomic E-state index is 12.4. The molecule has 2 aromatic carbocycles. The number of benzene rings is 2. The van der Waals surface area contributed by atoms with Crippen molar-refractivity contribution in [3.63, 3.8) is 0 Å². The van der Waals surface area contributed by atoms with Gasteiger partial charge in [-0.3, -0.25) is 14.9 Å². The average molecular weight is 363 g/mol. The molecule has 0 aliphatic rings. The molecule has 0 heterocycles. The van der Waals surface area contributed by atoms with Crippen molar-refractivity contribution in [3.05, 3.63) is 68.2 Å². The van der Waals surface area contributed by atoms with Gasteiger partial charge in [0.2, 0.25) is 0 Å². The molecule has 8 heteroatoms. The van der Waals surface area contributed by atoms with Gasteiger partial charge in [-0.25, -0.2) is 4.79 Å². The van der Waals surface area contributed by atoms with Crippen LogP contribution in [0.5, 0.6) is 0 Å². The summed E-state index contributed by atoms with van der Waals surface area (Å²) >= 11 is 6.07. The van der Waals surface area contributed by atoms with E-state index >= 15 is 0 Å². The van der Waals surface area contributed by atoms with Gasteiger partial charge in [0.05, 0.1) is 27.8 Å². The molecule has 1 N–H and O–H groups in total. The van der Waals surface area contributed by atoms with E-state index in [1.54, 1.807) is 25.1 Å². The van der Waals surface area contributed by atoms with Crippen molar-refractivity contribution in [3.8, 4) is 0 Å². The third-order valence-corrected chi connectivity index (χ3v) is 3.59. The zero-order chi connectivity index (χ0) is 18.6. The number of nitrogens with zero attached hydrogens (tertiary/aromatic N) is 1. The number of nitro benzene ring substituents is 1. The van der Waals surface area contributed by atoms with Crippen LogP contribution in [0.15, 0.2) is 36.4 Å². The lowest BCUT2D eigenvalue weighted by molar-refractivity contribution is -0.384. The highest BCUT2D eigenvalue weighted by atomic mass is 35.5. The van der Waals surface area contributed by atoms with Gasteiger partial charge < -0.3 is 10.1 Å².